The number of hydrogen-bond donors (Lipinski definition) is 2. The number of carbonyl (C=O) groups is 2. The smallest absolute Gasteiger partial charge is 0.259 e. The summed E-state index contributed by atoms with van der Waals surface area (Å²) >= 11 is 0. The number of amides is 2. The van der Waals surface area contributed by atoms with Crippen LogP contribution in [0.3, 0.4) is 0 Å². The predicted octanol–water partition coefficient (Wildman–Crippen LogP) is 3.79. The van der Waals surface area contributed by atoms with Crippen molar-refractivity contribution >= 4 is 28.4 Å². The average molecular weight is 397 g/mol. The van der Waals surface area contributed by atoms with Crippen molar-refractivity contribution in [3.05, 3.63) is 76.4 Å². The van der Waals surface area contributed by atoms with E-state index in [-0.39, 0.29) is 17.7 Å². The lowest BCUT2D eigenvalue weighted by Gasteiger charge is -2.19. The van der Waals surface area contributed by atoms with Crippen LogP contribution in [0.2, 0.25) is 0 Å². The lowest BCUT2D eigenvalue weighted by molar-refractivity contribution is -0.139. The minimum absolute atomic E-state index is 0.0243. The molecule has 0 aliphatic carbocycles. The molecule has 3 heterocycles. The van der Waals surface area contributed by atoms with Gasteiger partial charge in [-0.3, -0.25) is 14.5 Å². The van der Waals surface area contributed by atoms with Crippen molar-refractivity contribution in [2.45, 2.75) is 12.8 Å². The average Bonchev–Trinajstić information content (AvgIpc) is 3.19. The van der Waals surface area contributed by atoms with Gasteiger partial charge in [0.15, 0.2) is 17.5 Å². The molecule has 0 spiro atoms. The summed E-state index contributed by atoms with van der Waals surface area (Å²) in [7, 11) is 0. The number of nitrogens with zero attached hydrogens (tertiary/aromatic N) is 1. The number of hydrogen-bond acceptors (Lipinski definition) is 3. The normalized spacial score (nSPS) is 18.1. The zero-order valence-electron chi connectivity index (χ0n) is 15.1. The van der Waals surface area contributed by atoms with Crippen LogP contribution in [0.4, 0.5) is 18.9 Å². The van der Waals surface area contributed by atoms with E-state index in [1.807, 2.05) is 18.2 Å². The third-order valence-corrected chi connectivity index (χ3v) is 5.46. The fraction of sp³-hybridized carbons (Fsp3) is 0.143. The molecule has 5 nitrogen and oxygen atoms in total. The molecule has 2 aliphatic heterocycles. The molecule has 0 bridgehead atoms. The number of anilines is 1. The van der Waals surface area contributed by atoms with Gasteiger partial charge in [-0.2, -0.15) is 0 Å². The highest BCUT2D eigenvalue weighted by Crippen LogP contribution is 2.46. The SMILES string of the molecule is CC(=O)N1CC2=C(C1=O)C(c1cc(F)c(F)c(F)c1)c1c[nH]c3cccc(c13)N2. The van der Waals surface area contributed by atoms with Crippen LogP contribution in [0.25, 0.3) is 10.9 Å². The molecule has 3 aromatic rings. The third kappa shape index (κ3) is 2.41. The quantitative estimate of drug-likeness (QED) is 0.614. The number of imide groups is 1. The van der Waals surface area contributed by atoms with Gasteiger partial charge in [0.2, 0.25) is 5.91 Å². The molecule has 1 unspecified atom stereocenters. The van der Waals surface area contributed by atoms with E-state index in [0.717, 1.165) is 27.9 Å². The Morgan fingerprint density at radius 3 is 2.59 bits per heavy atom. The maximum absolute atomic E-state index is 14.1. The summed E-state index contributed by atoms with van der Waals surface area (Å²) in [6, 6.07) is 7.27. The molecule has 146 valence electrons. The summed E-state index contributed by atoms with van der Waals surface area (Å²) in [6.07, 6.45) is 1.67. The Morgan fingerprint density at radius 2 is 1.90 bits per heavy atom. The maximum atomic E-state index is 14.1. The van der Waals surface area contributed by atoms with Crippen molar-refractivity contribution < 1.29 is 22.8 Å². The summed E-state index contributed by atoms with van der Waals surface area (Å²) < 4.78 is 41.7. The van der Waals surface area contributed by atoms with E-state index in [9.17, 15) is 22.8 Å². The van der Waals surface area contributed by atoms with Crippen LogP contribution in [-0.4, -0.2) is 28.2 Å². The Kier molecular flexibility index (Phi) is 3.61. The summed E-state index contributed by atoms with van der Waals surface area (Å²) in [6.45, 7) is 1.30. The van der Waals surface area contributed by atoms with Gasteiger partial charge in [-0.1, -0.05) is 6.07 Å². The molecule has 1 atom stereocenters. The fourth-order valence-corrected chi connectivity index (χ4v) is 4.20. The molecule has 0 radical (unpaired) electrons. The largest absolute Gasteiger partial charge is 0.361 e. The summed E-state index contributed by atoms with van der Waals surface area (Å²) in [5.41, 5.74) is 2.86. The molecule has 0 saturated heterocycles. The van der Waals surface area contributed by atoms with Crippen molar-refractivity contribution in [2.24, 2.45) is 0 Å². The highest BCUT2D eigenvalue weighted by atomic mass is 19.2. The molecule has 5 rings (SSSR count). The van der Waals surface area contributed by atoms with E-state index in [4.69, 9.17) is 0 Å². The number of aromatic amines is 1. The Hall–Kier alpha value is -3.55. The van der Waals surface area contributed by atoms with E-state index in [2.05, 4.69) is 10.3 Å². The number of nitrogens with one attached hydrogen (secondary N) is 2. The third-order valence-electron chi connectivity index (χ3n) is 5.46. The molecule has 2 N–H and O–H groups in total. The number of benzene rings is 2. The zero-order chi connectivity index (χ0) is 20.4. The Labute approximate surface area is 162 Å². The summed E-state index contributed by atoms with van der Waals surface area (Å²) in [4.78, 5) is 29.2. The standard InChI is InChI=1S/C21H14F3N3O2/c1-9(28)27-8-16-19(21(27)29)17(10-5-12(22)20(24)13(23)6-10)11-7-25-14-3-2-4-15(26-16)18(11)14/h2-7,17,25-26H,8H2,1H3. The predicted molar refractivity (Wildman–Crippen MR) is 99.5 cm³/mol. The van der Waals surface area contributed by atoms with Crippen LogP contribution >= 0.6 is 0 Å². The van der Waals surface area contributed by atoms with Gasteiger partial charge >= 0.3 is 0 Å². The van der Waals surface area contributed by atoms with Crippen LogP contribution < -0.4 is 5.32 Å². The lowest BCUT2D eigenvalue weighted by atomic mass is 9.84. The van der Waals surface area contributed by atoms with Gasteiger partial charge in [0, 0.05) is 41.3 Å². The fourth-order valence-electron chi connectivity index (χ4n) is 4.20. The highest BCUT2D eigenvalue weighted by Gasteiger charge is 2.41. The number of halogens is 3. The Bertz CT molecular complexity index is 1240. The van der Waals surface area contributed by atoms with Crippen LogP contribution in [-0.2, 0) is 9.59 Å². The minimum atomic E-state index is -1.57. The van der Waals surface area contributed by atoms with E-state index < -0.39 is 35.2 Å². The first-order valence-electron chi connectivity index (χ1n) is 8.93. The molecule has 2 aliphatic rings. The van der Waals surface area contributed by atoms with Crippen LogP contribution in [0.15, 0.2) is 47.8 Å². The summed E-state index contributed by atoms with van der Waals surface area (Å²) in [5.74, 6) is -6.11. The van der Waals surface area contributed by atoms with Gasteiger partial charge in [0.25, 0.3) is 5.91 Å². The molecular formula is C21H14F3N3O2. The number of carbonyl (C=O) groups excluding carboxylic acids is 2. The second-order valence-corrected chi connectivity index (χ2v) is 7.13. The molecule has 1 aromatic heterocycles. The van der Waals surface area contributed by atoms with Gasteiger partial charge in [-0.25, -0.2) is 13.2 Å². The van der Waals surface area contributed by atoms with Gasteiger partial charge in [0.05, 0.1) is 12.1 Å². The first kappa shape index (κ1) is 17.5. The van der Waals surface area contributed by atoms with Gasteiger partial charge in [-0.05, 0) is 35.4 Å². The first-order valence-corrected chi connectivity index (χ1v) is 8.93. The minimum Gasteiger partial charge on any atom is -0.361 e. The van der Waals surface area contributed by atoms with E-state index in [0.29, 0.717) is 16.9 Å². The van der Waals surface area contributed by atoms with E-state index in [1.54, 1.807) is 6.20 Å². The molecule has 8 heteroatoms. The number of H-pyrrole nitrogens is 1. The molecule has 0 fully saturated rings. The first-order chi connectivity index (χ1) is 13.9. The van der Waals surface area contributed by atoms with Gasteiger partial charge < -0.3 is 10.3 Å². The second kappa shape index (κ2) is 5.97. The topological polar surface area (TPSA) is 65.2 Å². The van der Waals surface area contributed by atoms with Crippen molar-refractivity contribution in [3.8, 4) is 0 Å². The molecule has 2 aromatic carbocycles. The van der Waals surface area contributed by atoms with E-state index >= 15 is 0 Å². The van der Waals surface area contributed by atoms with Crippen LogP contribution in [0.5, 0.6) is 0 Å². The Morgan fingerprint density at radius 1 is 1.17 bits per heavy atom. The van der Waals surface area contributed by atoms with Gasteiger partial charge in [-0.15, -0.1) is 0 Å². The monoisotopic (exact) mass is 397 g/mol. The van der Waals surface area contributed by atoms with Crippen LogP contribution in [0.1, 0.15) is 24.0 Å². The van der Waals surface area contributed by atoms with Crippen molar-refractivity contribution in [1.29, 1.82) is 0 Å². The molecular weight excluding hydrogens is 383 g/mol. The second-order valence-electron chi connectivity index (χ2n) is 7.13. The summed E-state index contributed by atoms with van der Waals surface area (Å²) in [5, 5.41) is 3.97. The molecule has 29 heavy (non-hydrogen) atoms. The van der Waals surface area contributed by atoms with Gasteiger partial charge in [0.1, 0.15) is 0 Å². The van der Waals surface area contributed by atoms with Crippen LogP contribution in [0, 0.1) is 17.5 Å². The van der Waals surface area contributed by atoms with Crippen molar-refractivity contribution in [1.82, 2.24) is 9.88 Å². The highest BCUT2D eigenvalue weighted by molar-refractivity contribution is 6.11. The van der Waals surface area contributed by atoms with Crippen molar-refractivity contribution in [2.75, 3.05) is 11.9 Å². The zero-order valence-corrected chi connectivity index (χ0v) is 15.1. The van der Waals surface area contributed by atoms with Crippen molar-refractivity contribution in [3.63, 3.8) is 0 Å². The molecule has 2 amide bonds. The molecule has 0 saturated carbocycles. The number of aromatic nitrogens is 1. The lowest BCUT2D eigenvalue weighted by Crippen LogP contribution is -2.33. The van der Waals surface area contributed by atoms with E-state index in [1.165, 1.54) is 6.92 Å². The number of rotatable bonds is 1. The maximum Gasteiger partial charge on any atom is 0.259 e. The Balaban J connectivity index is 1.81.